The normalized spacial score (nSPS) is 10.9. The number of nitrogens with one attached hydrogen (secondary N) is 1. The van der Waals surface area contributed by atoms with Gasteiger partial charge in [0.25, 0.3) is 5.56 Å². The van der Waals surface area contributed by atoms with Gasteiger partial charge in [-0.1, -0.05) is 48.5 Å². The van der Waals surface area contributed by atoms with Gasteiger partial charge in [-0.05, 0) is 59.5 Å². The molecule has 0 amide bonds. The van der Waals surface area contributed by atoms with Gasteiger partial charge in [0.1, 0.15) is 5.75 Å². The van der Waals surface area contributed by atoms with Crippen molar-refractivity contribution in [2.45, 2.75) is 0 Å². The Labute approximate surface area is 179 Å². The molecule has 2 heterocycles. The molecule has 0 spiro atoms. The Hall–Kier alpha value is -4.18. The molecular formula is C27H20N2O2. The predicted molar refractivity (Wildman–Crippen MR) is 125 cm³/mol. The standard InChI is InChI=1S/C27H20N2O2/c1-31-22-13-11-19(12-14-22)26-17-21(16-25(28-26)18-7-3-2-4-8-18)23-15-20-9-5-6-10-24(20)29-27(23)30/h2-17H,1H3,(H,29,30). The molecule has 0 aliphatic rings. The topological polar surface area (TPSA) is 55.0 Å². The summed E-state index contributed by atoms with van der Waals surface area (Å²) in [6.07, 6.45) is 0. The molecule has 150 valence electrons. The van der Waals surface area contributed by atoms with Crippen molar-refractivity contribution in [3.63, 3.8) is 0 Å². The first-order chi connectivity index (χ1) is 15.2. The van der Waals surface area contributed by atoms with E-state index in [2.05, 4.69) is 4.98 Å². The number of aromatic nitrogens is 2. The van der Waals surface area contributed by atoms with Crippen molar-refractivity contribution < 1.29 is 4.74 Å². The molecule has 0 aliphatic heterocycles. The summed E-state index contributed by atoms with van der Waals surface area (Å²) in [7, 11) is 1.65. The highest BCUT2D eigenvalue weighted by molar-refractivity contribution is 5.85. The van der Waals surface area contributed by atoms with Crippen molar-refractivity contribution in [3.05, 3.63) is 107 Å². The van der Waals surface area contributed by atoms with Gasteiger partial charge in [-0.25, -0.2) is 4.98 Å². The fraction of sp³-hybridized carbons (Fsp3) is 0.0370. The van der Waals surface area contributed by atoms with E-state index in [9.17, 15) is 4.79 Å². The Balaban J connectivity index is 1.73. The Morgan fingerprint density at radius 3 is 2.06 bits per heavy atom. The van der Waals surface area contributed by atoms with Crippen molar-refractivity contribution in [2.75, 3.05) is 7.11 Å². The van der Waals surface area contributed by atoms with Crippen LogP contribution in [0.2, 0.25) is 0 Å². The number of pyridine rings is 2. The zero-order valence-corrected chi connectivity index (χ0v) is 17.0. The number of benzene rings is 3. The average Bonchev–Trinajstić information content (AvgIpc) is 2.84. The second-order valence-corrected chi connectivity index (χ2v) is 7.32. The number of ether oxygens (including phenoxy) is 1. The molecule has 0 saturated carbocycles. The molecule has 4 heteroatoms. The van der Waals surface area contributed by atoms with Gasteiger partial charge in [0.05, 0.1) is 18.5 Å². The first-order valence-corrected chi connectivity index (χ1v) is 10.1. The third-order valence-corrected chi connectivity index (χ3v) is 5.35. The van der Waals surface area contributed by atoms with Crippen molar-refractivity contribution in [2.24, 2.45) is 0 Å². The van der Waals surface area contributed by atoms with Crippen molar-refractivity contribution in [3.8, 4) is 39.4 Å². The van der Waals surface area contributed by atoms with Crippen LogP contribution in [-0.4, -0.2) is 17.1 Å². The minimum Gasteiger partial charge on any atom is -0.497 e. The molecule has 5 rings (SSSR count). The highest BCUT2D eigenvalue weighted by Gasteiger charge is 2.12. The van der Waals surface area contributed by atoms with Crippen LogP contribution in [0, 0.1) is 0 Å². The molecule has 0 atom stereocenters. The van der Waals surface area contributed by atoms with E-state index in [1.54, 1.807) is 7.11 Å². The van der Waals surface area contributed by atoms with E-state index in [1.807, 2.05) is 97.1 Å². The summed E-state index contributed by atoms with van der Waals surface area (Å²) >= 11 is 0. The highest BCUT2D eigenvalue weighted by atomic mass is 16.5. The van der Waals surface area contributed by atoms with E-state index in [0.717, 1.165) is 44.7 Å². The minimum absolute atomic E-state index is 0.121. The van der Waals surface area contributed by atoms with Gasteiger partial charge in [-0.2, -0.15) is 0 Å². The molecular weight excluding hydrogens is 384 g/mol. The van der Waals surface area contributed by atoms with E-state index in [0.29, 0.717) is 5.56 Å². The molecule has 2 aromatic heterocycles. The number of fused-ring (bicyclic) bond motifs is 1. The molecule has 1 N–H and O–H groups in total. The zero-order chi connectivity index (χ0) is 21.2. The molecule has 5 aromatic rings. The lowest BCUT2D eigenvalue weighted by Gasteiger charge is -2.11. The second-order valence-electron chi connectivity index (χ2n) is 7.32. The zero-order valence-electron chi connectivity index (χ0n) is 17.0. The third-order valence-electron chi connectivity index (χ3n) is 5.35. The van der Waals surface area contributed by atoms with Gasteiger partial charge >= 0.3 is 0 Å². The molecule has 0 aliphatic carbocycles. The number of aromatic amines is 1. The summed E-state index contributed by atoms with van der Waals surface area (Å²) in [4.78, 5) is 20.8. The maximum Gasteiger partial charge on any atom is 0.256 e. The van der Waals surface area contributed by atoms with Gasteiger partial charge in [-0.3, -0.25) is 4.79 Å². The Morgan fingerprint density at radius 2 is 1.35 bits per heavy atom. The van der Waals surface area contributed by atoms with Crippen molar-refractivity contribution in [1.82, 2.24) is 9.97 Å². The summed E-state index contributed by atoms with van der Waals surface area (Å²) < 4.78 is 5.28. The second kappa shape index (κ2) is 7.92. The van der Waals surface area contributed by atoms with Crippen LogP contribution >= 0.6 is 0 Å². The fourth-order valence-electron chi connectivity index (χ4n) is 3.71. The van der Waals surface area contributed by atoms with Crippen LogP contribution in [0.3, 0.4) is 0 Å². The van der Waals surface area contributed by atoms with Crippen LogP contribution in [0.4, 0.5) is 0 Å². The predicted octanol–water partition coefficient (Wildman–Crippen LogP) is 5.93. The van der Waals surface area contributed by atoms with Crippen LogP contribution in [-0.2, 0) is 0 Å². The van der Waals surface area contributed by atoms with Crippen molar-refractivity contribution >= 4 is 10.9 Å². The number of methoxy groups -OCH3 is 1. The van der Waals surface area contributed by atoms with Gasteiger partial charge in [0, 0.05) is 22.2 Å². The lowest BCUT2D eigenvalue weighted by Crippen LogP contribution is -2.09. The lowest BCUT2D eigenvalue weighted by atomic mass is 10.00. The number of H-pyrrole nitrogens is 1. The van der Waals surface area contributed by atoms with Gasteiger partial charge in [-0.15, -0.1) is 0 Å². The van der Waals surface area contributed by atoms with Crippen LogP contribution in [0.5, 0.6) is 5.75 Å². The number of hydrogen-bond acceptors (Lipinski definition) is 3. The smallest absolute Gasteiger partial charge is 0.256 e. The van der Waals surface area contributed by atoms with Crippen LogP contribution in [0.1, 0.15) is 0 Å². The summed E-state index contributed by atoms with van der Waals surface area (Å²) in [5, 5.41) is 0.987. The van der Waals surface area contributed by atoms with Gasteiger partial charge < -0.3 is 9.72 Å². The number of para-hydroxylation sites is 1. The molecule has 0 bridgehead atoms. The summed E-state index contributed by atoms with van der Waals surface area (Å²) in [6.45, 7) is 0. The minimum atomic E-state index is -0.121. The molecule has 31 heavy (non-hydrogen) atoms. The molecule has 4 nitrogen and oxygen atoms in total. The Kier molecular flexibility index (Phi) is 4.81. The maximum atomic E-state index is 12.9. The van der Waals surface area contributed by atoms with Crippen LogP contribution < -0.4 is 10.3 Å². The molecule has 0 unspecified atom stereocenters. The largest absolute Gasteiger partial charge is 0.497 e. The molecule has 3 aromatic carbocycles. The SMILES string of the molecule is COc1ccc(-c2cc(-c3cc4ccccc4[nH]c3=O)cc(-c3ccccc3)n2)cc1. The Bertz CT molecular complexity index is 1420. The average molecular weight is 404 g/mol. The van der Waals surface area contributed by atoms with E-state index in [4.69, 9.17) is 9.72 Å². The van der Waals surface area contributed by atoms with E-state index in [1.165, 1.54) is 0 Å². The monoisotopic (exact) mass is 404 g/mol. The van der Waals surface area contributed by atoms with Gasteiger partial charge in [0.2, 0.25) is 0 Å². The quantitative estimate of drug-likeness (QED) is 0.404. The first kappa shape index (κ1) is 18.8. The number of rotatable bonds is 4. The van der Waals surface area contributed by atoms with E-state index < -0.39 is 0 Å². The number of hydrogen-bond donors (Lipinski definition) is 1. The summed E-state index contributed by atoms with van der Waals surface area (Å²) in [6, 6.07) is 31.4. The first-order valence-electron chi connectivity index (χ1n) is 10.1. The summed E-state index contributed by atoms with van der Waals surface area (Å²) in [5.74, 6) is 0.786. The van der Waals surface area contributed by atoms with Gasteiger partial charge in [0.15, 0.2) is 0 Å². The summed E-state index contributed by atoms with van der Waals surface area (Å²) in [5.41, 5.74) is 5.71. The lowest BCUT2D eigenvalue weighted by molar-refractivity contribution is 0.415. The number of nitrogens with zero attached hydrogens (tertiary/aromatic N) is 1. The Morgan fingerprint density at radius 1 is 0.710 bits per heavy atom. The molecule has 0 fully saturated rings. The van der Waals surface area contributed by atoms with E-state index >= 15 is 0 Å². The molecule has 0 radical (unpaired) electrons. The van der Waals surface area contributed by atoms with Crippen LogP contribution in [0.15, 0.2) is 102 Å². The fourth-order valence-corrected chi connectivity index (χ4v) is 3.71. The van der Waals surface area contributed by atoms with E-state index in [-0.39, 0.29) is 5.56 Å². The third kappa shape index (κ3) is 3.71. The maximum absolute atomic E-state index is 12.9. The van der Waals surface area contributed by atoms with Crippen LogP contribution in [0.25, 0.3) is 44.5 Å². The highest BCUT2D eigenvalue weighted by Crippen LogP contribution is 2.30. The van der Waals surface area contributed by atoms with Crippen molar-refractivity contribution in [1.29, 1.82) is 0 Å². The molecule has 0 saturated heterocycles.